The summed E-state index contributed by atoms with van der Waals surface area (Å²) < 4.78 is 130. The molecule has 238 valence electrons. The Hall–Kier alpha value is -3.73. The average Bonchev–Trinajstić information content (AvgIpc) is 2.81. The van der Waals surface area contributed by atoms with Gasteiger partial charge in [-0.1, -0.05) is 0 Å². The van der Waals surface area contributed by atoms with Crippen molar-refractivity contribution in [2.45, 2.75) is 36.0 Å². The third-order valence-corrected chi connectivity index (χ3v) is 7.76. The first-order valence-corrected chi connectivity index (χ1v) is 14.5. The zero-order valence-corrected chi connectivity index (χ0v) is 24.6. The molecule has 19 heteroatoms. The highest BCUT2D eigenvalue weighted by atomic mass is 32.2. The predicted octanol–water partition coefficient (Wildman–Crippen LogP) is 3.56. The first kappa shape index (κ1) is 37.3. The van der Waals surface area contributed by atoms with E-state index in [0.717, 1.165) is 31.7 Å². The van der Waals surface area contributed by atoms with Crippen molar-refractivity contribution in [3.05, 3.63) is 53.6 Å². The Morgan fingerprint density at radius 1 is 0.977 bits per heavy atom. The SMILES string of the molecule is CC(=O)OC(C)(CS(=O)(=O)c1ccc([N+](C)(C)C)cc1)C(=O)Nc1ccc(C#N)c(C(F)(F)F)c1.O=S(=O)([O-])C(F)(F)F. The Bertz CT molecular complexity index is 1610. The van der Waals surface area contributed by atoms with E-state index in [-0.39, 0.29) is 10.6 Å². The van der Waals surface area contributed by atoms with Crippen LogP contribution in [-0.2, 0) is 40.5 Å². The van der Waals surface area contributed by atoms with Crippen molar-refractivity contribution in [2.24, 2.45) is 0 Å². The minimum atomic E-state index is -6.09. The van der Waals surface area contributed by atoms with Crippen LogP contribution in [-0.4, -0.2) is 71.3 Å². The summed E-state index contributed by atoms with van der Waals surface area (Å²) in [7, 11) is -4.60. The maximum Gasteiger partial charge on any atom is 0.485 e. The van der Waals surface area contributed by atoms with Gasteiger partial charge in [0.1, 0.15) is 11.4 Å². The number of amides is 1. The van der Waals surface area contributed by atoms with Gasteiger partial charge in [-0.25, -0.2) is 16.8 Å². The molecular weight excluding hydrogens is 636 g/mol. The molecule has 0 spiro atoms. The molecule has 1 unspecified atom stereocenters. The van der Waals surface area contributed by atoms with Gasteiger partial charge in [-0.2, -0.15) is 31.6 Å². The standard InChI is InChI=1S/C23H24F3N3O5S.CHF3O3S/c1-15(30)34-22(2,14-35(32,33)19-10-8-18(9-11-19)29(3,4)5)21(31)28-17-7-6-16(13-27)20(12-17)23(24,25)26;2-1(3,4)8(5,6)7/h6-12H,14H2,1-5H3;(H,5,6,7). The maximum absolute atomic E-state index is 13.3. The number of sulfone groups is 1. The van der Waals surface area contributed by atoms with Crippen molar-refractivity contribution in [1.29, 1.82) is 5.26 Å². The van der Waals surface area contributed by atoms with Crippen molar-refractivity contribution >= 4 is 43.2 Å². The van der Waals surface area contributed by atoms with Crippen molar-refractivity contribution < 1.29 is 62.1 Å². The monoisotopic (exact) mass is 661 g/mol. The normalized spacial score (nSPS) is 13.9. The Labute approximate surface area is 242 Å². The second-order valence-corrected chi connectivity index (χ2v) is 13.2. The molecule has 0 aliphatic rings. The number of esters is 1. The van der Waals surface area contributed by atoms with Crippen LogP contribution in [0.15, 0.2) is 47.4 Å². The van der Waals surface area contributed by atoms with Gasteiger partial charge in [0.2, 0.25) is 5.60 Å². The van der Waals surface area contributed by atoms with E-state index in [2.05, 4.69) is 5.32 Å². The number of halogens is 6. The van der Waals surface area contributed by atoms with Gasteiger partial charge in [0.25, 0.3) is 5.91 Å². The number of nitrogens with one attached hydrogen (secondary N) is 1. The van der Waals surface area contributed by atoms with Crippen LogP contribution in [0.4, 0.5) is 37.7 Å². The van der Waals surface area contributed by atoms with Crippen LogP contribution in [0, 0.1) is 11.3 Å². The summed E-state index contributed by atoms with van der Waals surface area (Å²) in [6, 6.07) is 9.81. The average molecular weight is 662 g/mol. The molecule has 0 saturated heterocycles. The molecule has 43 heavy (non-hydrogen) atoms. The number of anilines is 1. The summed E-state index contributed by atoms with van der Waals surface area (Å²) in [5.74, 6) is -3.08. The van der Waals surface area contributed by atoms with Crippen molar-refractivity contribution in [2.75, 3.05) is 32.2 Å². The molecule has 2 aromatic carbocycles. The number of hydrogen-bond donors (Lipinski definition) is 1. The number of carbonyl (C=O) groups is 2. The van der Waals surface area contributed by atoms with Gasteiger partial charge in [0.15, 0.2) is 20.0 Å². The molecule has 0 fully saturated rings. The number of nitriles is 1. The van der Waals surface area contributed by atoms with E-state index >= 15 is 0 Å². The van der Waals surface area contributed by atoms with Crippen molar-refractivity contribution in [3.63, 3.8) is 0 Å². The fourth-order valence-corrected chi connectivity index (χ4v) is 4.86. The predicted molar refractivity (Wildman–Crippen MR) is 139 cm³/mol. The highest BCUT2D eigenvalue weighted by Gasteiger charge is 2.43. The topological polar surface area (TPSA) is 171 Å². The van der Waals surface area contributed by atoms with E-state index in [1.54, 1.807) is 12.1 Å². The fourth-order valence-electron chi connectivity index (χ4n) is 3.22. The van der Waals surface area contributed by atoms with E-state index in [0.29, 0.717) is 10.5 Å². The van der Waals surface area contributed by atoms with Crippen molar-refractivity contribution in [3.8, 4) is 6.07 Å². The van der Waals surface area contributed by atoms with E-state index in [9.17, 15) is 44.3 Å². The molecule has 1 amide bonds. The van der Waals surface area contributed by atoms with E-state index in [1.807, 2.05) is 21.1 Å². The van der Waals surface area contributed by atoms with Gasteiger partial charge in [-0.15, -0.1) is 0 Å². The number of rotatable bonds is 7. The van der Waals surface area contributed by atoms with Crippen molar-refractivity contribution in [1.82, 2.24) is 4.48 Å². The molecule has 11 nitrogen and oxygen atoms in total. The van der Waals surface area contributed by atoms with E-state index in [4.69, 9.17) is 23.0 Å². The summed E-state index contributed by atoms with van der Waals surface area (Å²) in [6.07, 6.45) is -4.87. The molecule has 1 N–H and O–H groups in total. The number of benzene rings is 2. The summed E-state index contributed by atoms with van der Waals surface area (Å²) >= 11 is 0. The summed E-state index contributed by atoms with van der Waals surface area (Å²) in [4.78, 5) is 24.5. The zero-order chi connectivity index (χ0) is 33.8. The minimum Gasteiger partial charge on any atom is -0.741 e. The van der Waals surface area contributed by atoms with Crippen LogP contribution in [0.1, 0.15) is 25.0 Å². The molecule has 0 aliphatic carbocycles. The Morgan fingerprint density at radius 3 is 1.84 bits per heavy atom. The summed E-state index contributed by atoms with van der Waals surface area (Å²) in [5.41, 5.74) is -9.40. The highest BCUT2D eigenvalue weighted by Crippen LogP contribution is 2.34. The Kier molecular flexibility index (Phi) is 11.2. The zero-order valence-electron chi connectivity index (χ0n) is 23.0. The molecule has 1 atom stereocenters. The quantitative estimate of drug-likeness (QED) is 0.153. The van der Waals surface area contributed by atoms with E-state index in [1.165, 1.54) is 18.2 Å². The molecule has 0 aliphatic heterocycles. The molecule has 2 aromatic rings. The van der Waals surface area contributed by atoms with Gasteiger partial charge >= 0.3 is 17.7 Å². The third kappa shape index (κ3) is 10.5. The minimum absolute atomic E-state index is 0.126. The number of carbonyl (C=O) groups excluding carboxylic acids is 2. The van der Waals surface area contributed by atoms with Crippen LogP contribution in [0.3, 0.4) is 0 Å². The lowest BCUT2D eigenvalue weighted by Crippen LogP contribution is -2.49. The molecule has 0 heterocycles. The summed E-state index contributed by atoms with van der Waals surface area (Å²) in [5, 5.41) is 11.1. The first-order valence-electron chi connectivity index (χ1n) is 11.4. The largest absolute Gasteiger partial charge is 0.741 e. The third-order valence-electron chi connectivity index (χ3n) is 5.27. The van der Waals surface area contributed by atoms with Gasteiger partial charge in [-0.3, -0.25) is 14.1 Å². The van der Waals surface area contributed by atoms with Crippen LogP contribution in [0.25, 0.3) is 0 Å². The molecule has 0 saturated carbocycles. The molecule has 0 aromatic heterocycles. The lowest BCUT2D eigenvalue weighted by molar-refractivity contribution is -0.160. The molecular formula is C24H25F6N3O8S2. The number of ether oxygens (including phenoxy) is 1. The van der Waals surface area contributed by atoms with Gasteiger partial charge in [-0.05, 0) is 37.3 Å². The highest BCUT2D eigenvalue weighted by molar-refractivity contribution is 7.91. The number of quaternary nitrogens is 1. The second kappa shape index (κ2) is 12.9. The fraction of sp³-hybridized carbons (Fsp3) is 0.375. The van der Waals surface area contributed by atoms with Gasteiger partial charge < -0.3 is 14.6 Å². The smallest absolute Gasteiger partial charge is 0.485 e. The van der Waals surface area contributed by atoms with Gasteiger partial charge in [0.05, 0.1) is 43.2 Å². The number of hydrogen-bond acceptors (Lipinski definition) is 9. The Balaban J connectivity index is 0.00000101. The molecule has 0 bridgehead atoms. The van der Waals surface area contributed by atoms with Crippen LogP contribution in [0.5, 0.6) is 0 Å². The van der Waals surface area contributed by atoms with E-state index < -0.39 is 66.0 Å². The molecule has 2 rings (SSSR count). The Morgan fingerprint density at radius 2 is 1.47 bits per heavy atom. The first-order chi connectivity index (χ1) is 19.1. The summed E-state index contributed by atoms with van der Waals surface area (Å²) in [6.45, 7) is 2.02. The van der Waals surface area contributed by atoms with Gasteiger partial charge in [0, 0.05) is 24.7 Å². The van der Waals surface area contributed by atoms with Crippen LogP contribution >= 0.6 is 0 Å². The number of alkyl halides is 6. The maximum atomic E-state index is 13.3. The van der Waals surface area contributed by atoms with Crippen LogP contribution in [0.2, 0.25) is 0 Å². The number of nitrogens with zero attached hydrogens (tertiary/aromatic N) is 2. The van der Waals surface area contributed by atoms with Crippen LogP contribution < -0.4 is 9.80 Å². The molecule has 0 radical (unpaired) electrons. The second-order valence-electron chi connectivity index (χ2n) is 9.81. The lowest BCUT2D eigenvalue weighted by Gasteiger charge is -2.28. The lowest BCUT2D eigenvalue weighted by atomic mass is 10.1.